The zero-order valence-corrected chi connectivity index (χ0v) is 30.8. The summed E-state index contributed by atoms with van der Waals surface area (Å²) in [6, 6.07) is 9.43. The lowest BCUT2D eigenvalue weighted by Gasteiger charge is -2.22. The first kappa shape index (κ1) is 38.3. The number of nitrogens with zero attached hydrogens (tertiary/aromatic N) is 5. The lowest BCUT2D eigenvalue weighted by molar-refractivity contribution is -0.120. The SMILES string of the molecule is CC(=O)Cc1nn(C)c2c(-c3ccc(C#CC(C)(C)O)nc3[C@@H](CC(=O)Cn3nc(C(F)F)c4c3C(F)(F)[C@@H]3C[C@H]43)Cc3cc(F)cc(F)c3)ccc(Cl)c12. The van der Waals surface area contributed by atoms with Crippen LogP contribution in [0.3, 0.4) is 0 Å². The lowest BCUT2D eigenvalue weighted by atomic mass is 9.86. The molecular formula is C40H34ClF6N5O3. The number of aryl methyl sites for hydroxylation is 1. The lowest BCUT2D eigenvalue weighted by Crippen LogP contribution is -2.24. The second-order valence-electron chi connectivity index (χ2n) is 14.8. The number of halogens is 7. The number of carbonyl (C=O) groups is 2. The number of Topliss-reactive ketones (excluding diaryl/α,β-unsaturated/α-hetero) is 2. The quantitative estimate of drug-likeness (QED) is 0.107. The molecular weight excluding hydrogens is 748 g/mol. The number of alkyl halides is 4. The summed E-state index contributed by atoms with van der Waals surface area (Å²) >= 11 is 6.66. The van der Waals surface area contributed by atoms with Crippen molar-refractivity contribution in [2.24, 2.45) is 13.0 Å². The minimum Gasteiger partial charge on any atom is -0.378 e. The van der Waals surface area contributed by atoms with Gasteiger partial charge in [0.2, 0.25) is 0 Å². The maximum Gasteiger partial charge on any atom is 0.293 e. The summed E-state index contributed by atoms with van der Waals surface area (Å²) in [4.78, 5) is 31.0. The van der Waals surface area contributed by atoms with Crippen molar-refractivity contribution >= 4 is 34.1 Å². The Hall–Kier alpha value is -5.00. The molecule has 2 aliphatic rings. The smallest absolute Gasteiger partial charge is 0.293 e. The van der Waals surface area contributed by atoms with Gasteiger partial charge in [-0.15, -0.1) is 0 Å². The summed E-state index contributed by atoms with van der Waals surface area (Å²) in [5.74, 6) is -3.43. The van der Waals surface area contributed by atoms with Gasteiger partial charge in [0.25, 0.3) is 12.3 Å². The van der Waals surface area contributed by atoms with Gasteiger partial charge in [-0.25, -0.2) is 22.5 Å². The van der Waals surface area contributed by atoms with Crippen LogP contribution in [0.1, 0.15) is 91.5 Å². The molecule has 2 aromatic carbocycles. The maximum absolute atomic E-state index is 15.4. The van der Waals surface area contributed by atoms with E-state index in [9.17, 15) is 32.3 Å². The van der Waals surface area contributed by atoms with E-state index >= 15 is 8.78 Å². The first-order chi connectivity index (χ1) is 25.8. The predicted octanol–water partition coefficient (Wildman–Crippen LogP) is 8.15. The van der Waals surface area contributed by atoms with Crippen LogP contribution >= 0.6 is 11.6 Å². The predicted molar refractivity (Wildman–Crippen MR) is 191 cm³/mol. The van der Waals surface area contributed by atoms with E-state index in [1.165, 1.54) is 20.8 Å². The first-order valence-corrected chi connectivity index (χ1v) is 17.8. The highest BCUT2D eigenvalue weighted by molar-refractivity contribution is 6.36. The molecule has 55 heavy (non-hydrogen) atoms. The van der Waals surface area contributed by atoms with Crippen LogP contribution in [0.4, 0.5) is 26.3 Å². The van der Waals surface area contributed by atoms with Crippen molar-refractivity contribution in [2.75, 3.05) is 0 Å². The average Bonchev–Trinajstić information content (AvgIpc) is 3.62. The summed E-state index contributed by atoms with van der Waals surface area (Å²) in [5.41, 5.74) is -0.684. The molecule has 0 spiro atoms. The highest BCUT2D eigenvalue weighted by Crippen LogP contribution is 2.68. The van der Waals surface area contributed by atoms with Crippen molar-refractivity contribution < 1.29 is 41.0 Å². The van der Waals surface area contributed by atoms with Crippen molar-refractivity contribution in [1.82, 2.24) is 24.5 Å². The average molecular weight is 782 g/mol. The monoisotopic (exact) mass is 781 g/mol. The molecule has 15 heteroatoms. The molecule has 0 radical (unpaired) electrons. The van der Waals surface area contributed by atoms with Crippen molar-refractivity contribution in [3.05, 3.63) is 98.7 Å². The number of rotatable bonds is 11. The second-order valence-corrected chi connectivity index (χ2v) is 15.2. The molecule has 0 amide bonds. The summed E-state index contributed by atoms with van der Waals surface area (Å²) in [6.45, 7) is 3.59. The van der Waals surface area contributed by atoms with E-state index < -0.39 is 77.5 Å². The Balaban J connectivity index is 1.38. The molecule has 0 saturated heterocycles. The van der Waals surface area contributed by atoms with Crippen LogP contribution in [-0.2, 0) is 41.9 Å². The molecule has 0 aliphatic heterocycles. The van der Waals surface area contributed by atoms with Gasteiger partial charge in [0.1, 0.15) is 46.6 Å². The fourth-order valence-corrected chi connectivity index (χ4v) is 7.96. The van der Waals surface area contributed by atoms with Crippen molar-refractivity contribution in [2.45, 2.75) is 82.8 Å². The van der Waals surface area contributed by atoms with Crippen molar-refractivity contribution in [3.63, 3.8) is 0 Å². The third-order valence-electron chi connectivity index (χ3n) is 9.90. The second kappa shape index (κ2) is 13.9. The standard InChI is InChI=1S/C40H34ClF6N5O3/c1-19(53)11-31-33-30(41)8-7-27(36(33)51(4)49-31)26-6-5-24(9-10-39(2,3)55)48-34(26)21(12-20-13-22(42)16-23(43)14-20)15-25(54)18-52-37-32(35(50-52)38(44)45)28-17-29(28)40(37,46)47/h5-8,13-14,16,21,28-29,38,55H,11-12,15,17-18H2,1-4H3/t21-,28+,29-/m1/s1. The van der Waals surface area contributed by atoms with Gasteiger partial charge in [-0.3, -0.25) is 19.0 Å². The maximum atomic E-state index is 15.4. The molecule has 3 heterocycles. The Morgan fingerprint density at radius 2 is 1.75 bits per heavy atom. The van der Waals surface area contributed by atoms with E-state index in [1.807, 2.05) is 0 Å². The Morgan fingerprint density at radius 1 is 1.05 bits per heavy atom. The molecule has 1 N–H and O–H groups in total. The van der Waals surface area contributed by atoms with Crippen LogP contribution in [-0.4, -0.2) is 46.8 Å². The highest BCUT2D eigenvalue weighted by atomic mass is 35.5. The fourth-order valence-electron chi connectivity index (χ4n) is 7.70. The number of ketones is 2. The summed E-state index contributed by atoms with van der Waals surface area (Å²) in [7, 11) is 1.66. The molecule has 1 saturated carbocycles. The molecule has 5 aromatic rings. The van der Waals surface area contributed by atoms with Gasteiger partial charge in [0.05, 0.1) is 28.3 Å². The van der Waals surface area contributed by atoms with E-state index in [-0.39, 0.29) is 47.6 Å². The van der Waals surface area contributed by atoms with Gasteiger partial charge >= 0.3 is 0 Å². The molecule has 0 bridgehead atoms. The normalized spacial score (nSPS) is 17.5. The van der Waals surface area contributed by atoms with E-state index in [1.54, 1.807) is 36.0 Å². The third-order valence-corrected chi connectivity index (χ3v) is 10.2. The van der Waals surface area contributed by atoms with Crippen LogP contribution in [0.2, 0.25) is 5.02 Å². The van der Waals surface area contributed by atoms with E-state index in [4.69, 9.17) is 16.6 Å². The molecule has 1 fully saturated rings. The van der Waals surface area contributed by atoms with Gasteiger partial charge in [-0.1, -0.05) is 23.6 Å². The first-order valence-electron chi connectivity index (χ1n) is 17.5. The Bertz CT molecular complexity index is 2440. The van der Waals surface area contributed by atoms with E-state index in [0.717, 1.165) is 12.1 Å². The molecule has 7 rings (SSSR count). The summed E-state index contributed by atoms with van der Waals surface area (Å²) < 4.78 is 90.1. The number of fused-ring (bicyclic) bond motifs is 4. The number of hydrogen-bond donors (Lipinski definition) is 1. The zero-order chi connectivity index (χ0) is 39.7. The van der Waals surface area contributed by atoms with Crippen LogP contribution in [0.25, 0.3) is 22.0 Å². The molecule has 286 valence electrons. The van der Waals surface area contributed by atoms with E-state index in [0.29, 0.717) is 43.5 Å². The van der Waals surface area contributed by atoms with Gasteiger partial charge in [-0.05, 0) is 81.3 Å². The number of aromatic nitrogens is 5. The number of aliphatic hydroxyl groups is 1. The van der Waals surface area contributed by atoms with Crippen molar-refractivity contribution in [3.8, 4) is 23.0 Å². The Kier molecular flexibility index (Phi) is 9.70. The Labute approximate surface area is 316 Å². The van der Waals surface area contributed by atoms with Crippen LogP contribution in [0.5, 0.6) is 0 Å². The van der Waals surface area contributed by atoms with Crippen LogP contribution in [0, 0.1) is 29.4 Å². The minimum atomic E-state index is -3.45. The molecule has 3 aromatic heterocycles. The third kappa shape index (κ3) is 7.39. The number of benzene rings is 2. The summed E-state index contributed by atoms with van der Waals surface area (Å²) in [5, 5.41) is 19.5. The molecule has 0 unspecified atom stereocenters. The number of carbonyl (C=O) groups excluding carboxylic acids is 2. The van der Waals surface area contributed by atoms with Crippen molar-refractivity contribution in [1.29, 1.82) is 0 Å². The van der Waals surface area contributed by atoms with Crippen LogP contribution in [0.15, 0.2) is 42.5 Å². The van der Waals surface area contributed by atoms with Gasteiger partial charge < -0.3 is 5.11 Å². The topological polar surface area (TPSA) is 103 Å². The van der Waals surface area contributed by atoms with Gasteiger partial charge in [0, 0.05) is 53.4 Å². The zero-order valence-electron chi connectivity index (χ0n) is 30.0. The number of pyridine rings is 1. The van der Waals surface area contributed by atoms with Crippen LogP contribution < -0.4 is 0 Å². The minimum absolute atomic E-state index is 0.00962. The van der Waals surface area contributed by atoms with E-state index in [2.05, 4.69) is 22.0 Å². The molecule has 8 nitrogen and oxygen atoms in total. The Morgan fingerprint density at radius 3 is 2.40 bits per heavy atom. The largest absolute Gasteiger partial charge is 0.378 e. The molecule has 2 aliphatic carbocycles. The van der Waals surface area contributed by atoms with Gasteiger partial charge in [-0.2, -0.15) is 19.0 Å². The molecule has 3 atom stereocenters. The fraction of sp³-hybridized carbons (Fsp3) is 0.375. The van der Waals surface area contributed by atoms with Gasteiger partial charge in [0.15, 0.2) is 5.78 Å². The summed E-state index contributed by atoms with van der Waals surface area (Å²) in [6.07, 6.45) is -3.72. The highest BCUT2D eigenvalue weighted by Gasteiger charge is 2.67. The number of hydrogen-bond acceptors (Lipinski definition) is 6.